The van der Waals surface area contributed by atoms with E-state index >= 15 is 0 Å². The Morgan fingerprint density at radius 2 is 1.94 bits per heavy atom. The summed E-state index contributed by atoms with van der Waals surface area (Å²) in [7, 11) is 0. The molecule has 2 rings (SSSR count). The number of carbonyl (C=O) groups excluding carboxylic acids is 1. The Balaban J connectivity index is 2.58. The number of hydrogen-bond acceptors (Lipinski definition) is 2. The maximum atomic E-state index is 11.6. The smallest absolute Gasteiger partial charge is 0.163 e. The van der Waals surface area contributed by atoms with Crippen molar-refractivity contribution in [1.29, 1.82) is 0 Å². The molecule has 0 aliphatic rings. The maximum absolute atomic E-state index is 11.6. The highest BCUT2D eigenvalue weighted by Gasteiger charge is 2.17. The van der Waals surface area contributed by atoms with Gasteiger partial charge in [-0.15, -0.1) is 0 Å². The molecule has 0 N–H and O–H groups in total. The lowest BCUT2D eigenvalue weighted by molar-refractivity contribution is 0.101. The molecule has 2 heteroatoms. The quantitative estimate of drug-likeness (QED) is 0.729. The second-order valence-corrected chi connectivity index (χ2v) is 3.74. The van der Waals surface area contributed by atoms with Crippen LogP contribution in [0, 0.1) is 0 Å². The summed E-state index contributed by atoms with van der Waals surface area (Å²) < 4.78 is 5.51. The summed E-state index contributed by atoms with van der Waals surface area (Å²) in [6.07, 6.45) is 2.49. The van der Waals surface area contributed by atoms with Crippen molar-refractivity contribution in [1.82, 2.24) is 0 Å². The van der Waals surface area contributed by atoms with E-state index in [1.807, 2.05) is 37.3 Å². The van der Waals surface area contributed by atoms with E-state index in [2.05, 4.69) is 0 Å². The predicted octanol–water partition coefficient (Wildman–Crippen LogP) is 3.71. The molecule has 2 aromatic rings. The van der Waals surface area contributed by atoms with Crippen LogP contribution in [0.4, 0.5) is 0 Å². The number of furan rings is 1. The van der Waals surface area contributed by atoms with Gasteiger partial charge in [0, 0.05) is 11.1 Å². The van der Waals surface area contributed by atoms with E-state index in [4.69, 9.17) is 4.42 Å². The lowest BCUT2D eigenvalue weighted by Gasteiger charge is -2.00. The molecule has 0 unspecified atom stereocenters. The Morgan fingerprint density at radius 1 is 1.25 bits per heavy atom. The Labute approximate surface area is 94.9 Å². The van der Waals surface area contributed by atoms with Crippen LogP contribution in [-0.4, -0.2) is 5.78 Å². The molecule has 1 heterocycles. The van der Waals surface area contributed by atoms with E-state index in [-0.39, 0.29) is 5.78 Å². The number of rotatable bonds is 3. The van der Waals surface area contributed by atoms with Gasteiger partial charge in [-0.3, -0.25) is 4.79 Å². The summed E-state index contributed by atoms with van der Waals surface area (Å²) in [5.41, 5.74) is 2.65. The Hall–Kier alpha value is -1.83. The normalized spacial score (nSPS) is 10.4. The molecular weight excluding hydrogens is 200 g/mol. The Bertz CT molecular complexity index is 495. The highest BCUT2D eigenvalue weighted by atomic mass is 16.3. The minimum atomic E-state index is 0.0597. The zero-order valence-electron chi connectivity index (χ0n) is 9.49. The van der Waals surface area contributed by atoms with Crippen LogP contribution in [0.25, 0.3) is 11.3 Å². The fraction of sp³-hybridized carbons (Fsp3) is 0.214. The molecule has 0 fully saturated rings. The summed E-state index contributed by atoms with van der Waals surface area (Å²) >= 11 is 0. The van der Waals surface area contributed by atoms with Gasteiger partial charge in [0.25, 0.3) is 0 Å². The van der Waals surface area contributed by atoms with Crippen LogP contribution in [0.5, 0.6) is 0 Å². The highest BCUT2D eigenvalue weighted by molar-refractivity contribution is 6.01. The summed E-state index contributed by atoms with van der Waals surface area (Å²) in [4.78, 5) is 11.6. The van der Waals surface area contributed by atoms with Crippen molar-refractivity contribution in [2.45, 2.75) is 20.3 Å². The van der Waals surface area contributed by atoms with Crippen LogP contribution < -0.4 is 0 Å². The average molecular weight is 214 g/mol. The van der Waals surface area contributed by atoms with E-state index in [9.17, 15) is 4.79 Å². The lowest BCUT2D eigenvalue weighted by atomic mass is 10.0. The minimum absolute atomic E-state index is 0.0597. The van der Waals surface area contributed by atoms with Crippen molar-refractivity contribution in [2.24, 2.45) is 0 Å². The van der Waals surface area contributed by atoms with E-state index in [1.165, 1.54) is 0 Å². The van der Waals surface area contributed by atoms with Crippen LogP contribution in [0.15, 0.2) is 41.0 Å². The summed E-state index contributed by atoms with van der Waals surface area (Å²) in [6.45, 7) is 3.60. The third-order valence-corrected chi connectivity index (χ3v) is 2.64. The summed E-state index contributed by atoms with van der Waals surface area (Å²) in [6, 6.07) is 9.72. The highest BCUT2D eigenvalue weighted by Crippen LogP contribution is 2.28. The van der Waals surface area contributed by atoms with Gasteiger partial charge in [-0.1, -0.05) is 37.3 Å². The number of ketones is 1. The summed E-state index contributed by atoms with van der Waals surface area (Å²) in [5.74, 6) is 0.745. The van der Waals surface area contributed by atoms with Crippen molar-refractivity contribution in [2.75, 3.05) is 0 Å². The zero-order chi connectivity index (χ0) is 11.5. The molecule has 0 spiro atoms. The first-order chi connectivity index (χ1) is 7.74. The van der Waals surface area contributed by atoms with E-state index in [0.717, 1.165) is 17.5 Å². The van der Waals surface area contributed by atoms with Gasteiger partial charge in [0.1, 0.15) is 5.76 Å². The number of hydrogen-bond donors (Lipinski definition) is 0. The molecule has 0 amide bonds. The first-order valence-corrected chi connectivity index (χ1v) is 5.40. The summed E-state index contributed by atoms with van der Waals surface area (Å²) in [5, 5.41) is 0. The minimum Gasteiger partial charge on any atom is -0.463 e. The molecule has 0 aliphatic heterocycles. The second-order valence-electron chi connectivity index (χ2n) is 3.74. The van der Waals surface area contributed by atoms with Gasteiger partial charge in [-0.2, -0.15) is 0 Å². The molecule has 0 radical (unpaired) electrons. The van der Waals surface area contributed by atoms with Gasteiger partial charge in [0.15, 0.2) is 5.78 Å². The number of benzene rings is 1. The molecule has 1 aromatic carbocycles. The fourth-order valence-electron chi connectivity index (χ4n) is 1.84. The maximum Gasteiger partial charge on any atom is 0.163 e. The van der Waals surface area contributed by atoms with Gasteiger partial charge in [0.2, 0.25) is 0 Å². The Morgan fingerprint density at radius 3 is 2.50 bits per heavy atom. The largest absolute Gasteiger partial charge is 0.463 e. The van der Waals surface area contributed by atoms with E-state index < -0.39 is 0 Å². The molecule has 0 aliphatic carbocycles. The zero-order valence-corrected chi connectivity index (χ0v) is 9.49. The van der Waals surface area contributed by atoms with Gasteiger partial charge in [0.05, 0.1) is 11.8 Å². The third-order valence-electron chi connectivity index (χ3n) is 2.64. The van der Waals surface area contributed by atoms with Crippen LogP contribution in [0.1, 0.15) is 29.8 Å². The van der Waals surface area contributed by atoms with Crippen molar-refractivity contribution in [3.05, 3.63) is 47.7 Å². The van der Waals surface area contributed by atoms with Crippen LogP contribution in [0.2, 0.25) is 0 Å². The monoisotopic (exact) mass is 214 g/mol. The number of aryl methyl sites for hydroxylation is 1. The molecule has 82 valence electrons. The first-order valence-electron chi connectivity index (χ1n) is 5.40. The van der Waals surface area contributed by atoms with Gasteiger partial charge >= 0.3 is 0 Å². The third kappa shape index (κ3) is 1.78. The molecule has 0 atom stereocenters. The van der Waals surface area contributed by atoms with Gasteiger partial charge in [-0.05, 0) is 13.3 Å². The predicted molar refractivity (Wildman–Crippen MR) is 63.5 cm³/mol. The standard InChI is InChI=1S/C14H14O2/c1-3-11-9-16-14(13(11)10(2)15)12-7-5-4-6-8-12/h4-9H,3H2,1-2H3. The topological polar surface area (TPSA) is 30.2 Å². The molecule has 1 aromatic heterocycles. The van der Waals surface area contributed by atoms with Crippen molar-refractivity contribution in [3.8, 4) is 11.3 Å². The number of Topliss-reactive ketones (excluding diaryl/α,β-unsaturated/α-hetero) is 1. The van der Waals surface area contributed by atoms with Gasteiger partial charge in [-0.25, -0.2) is 0 Å². The van der Waals surface area contributed by atoms with E-state index in [1.54, 1.807) is 13.2 Å². The van der Waals surface area contributed by atoms with Crippen LogP contribution >= 0.6 is 0 Å². The first kappa shape index (κ1) is 10.7. The van der Waals surface area contributed by atoms with Crippen LogP contribution in [0.3, 0.4) is 0 Å². The molecule has 0 saturated carbocycles. The van der Waals surface area contributed by atoms with E-state index in [0.29, 0.717) is 11.3 Å². The molecular formula is C14H14O2. The SMILES string of the molecule is CCc1coc(-c2ccccc2)c1C(C)=O. The molecule has 0 bridgehead atoms. The molecule has 0 saturated heterocycles. The van der Waals surface area contributed by atoms with Gasteiger partial charge < -0.3 is 4.42 Å². The van der Waals surface area contributed by atoms with Crippen molar-refractivity contribution >= 4 is 5.78 Å². The fourth-order valence-corrected chi connectivity index (χ4v) is 1.84. The lowest BCUT2D eigenvalue weighted by Crippen LogP contribution is -1.96. The Kier molecular flexibility index (Phi) is 2.91. The van der Waals surface area contributed by atoms with Crippen molar-refractivity contribution in [3.63, 3.8) is 0 Å². The molecule has 16 heavy (non-hydrogen) atoms. The number of carbonyl (C=O) groups is 1. The molecule has 2 nitrogen and oxygen atoms in total. The van der Waals surface area contributed by atoms with Crippen molar-refractivity contribution < 1.29 is 9.21 Å². The van der Waals surface area contributed by atoms with Crippen LogP contribution in [-0.2, 0) is 6.42 Å². The average Bonchev–Trinajstić information content (AvgIpc) is 2.73. The second kappa shape index (κ2) is 4.35.